The van der Waals surface area contributed by atoms with E-state index in [1.165, 1.54) is 18.4 Å². The Morgan fingerprint density at radius 1 is 1.42 bits per heavy atom. The number of nitrogens with two attached hydrogens (primary N) is 1. The molecule has 0 spiro atoms. The summed E-state index contributed by atoms with van der Waals surface area (Å²) in [6.45, 7) is 1.74. The number of nitrogens with zero attached hydrogens (tertiary/aromatic N) is 1. The highest BCUT2D eigenvalue weighted by atomic mass is 19.1. The molecule has 4 nitrogen and oxygen atoms in total. The molecule has 2 rings (SSSR count). The fraction of sp³-hybridized carbons (Fsp3) is 0.214. The molecular formula is C14H13FN2O2. The monoisotopic (exact) mass is 260 g/mol. The minimum atomic E-state index is -0.601. The molecule has 0 aliphatic carbocycles. The molecule has 1 aromatic carbocycles. The summed E-state index contributed by atoms with van der Waals surface area (Å²) < 4.78 is 24.5. The van der Waals surface area contributed by atoms with E-state index >= 15 is 0 Å². The third kappa shape index (κ3) is 2.92. The van der Waals surface area contributed by atoms with Crippen LogP contribution in [0.25, 0.3) is 0 Å². The Morgan fingerprint density at radius 2 is 2.21 bits per heavy atom. The van der Waals surface area contributed by atoms with Crippen molar-refractivity contribution in [3.8, 4) is 11.8 Å². The van der Waals surface area contributed by atoms with Gasteiger partial charge in [-0.05, 0) is 37.3 Å². The summed E-state index contributed by atoms with van der Waals surface area (Å²) in [5, 5.41) is 8.68. The molecule has 0 radical (unpaired) electrons. The van der Waals surface area contributed by atoms with Crippen molar-refractivity contribution in [1.82, 2.24) is 0 Å². The van der Waals surface area contributed by atoms with E-state index in [0.717, 1.165) is 6.07 Å². The van der Waals surface area contributed by atoms with E-state index in [2.05, 4.69) is 0 Å². The van der Waals surface area contributed by atoms with Crippen LogP contribution in [0.5, 0.6) is 5.75 Å². The molecule has 2 atom stereocenters. The van der Waals surface area contributed by atoms with Gasteiger partial charge >= 0.3 is 0 Å². The van der Waals surface area contributed by atoms with Crippen LogP contribution in [0.4, 0.5) is 4.39 Å². The van der Waals surface area contributed by atoms with E-state index < -0.39 is 11.9 Å². The molecule has 0 fully saturated rings. The van der Waals surface area contributed by atoms with Crippen LogP contribution in [0.3, 0.4) is 0 Å². The number of hydrogen-bond acceptors (Lipinski definition) is 4. The van der Waals surface area contributed by atoms with Crippen LogP contribution in [0.1, 0.15) is 24.4 Å². The molecule has 0 amide bonds. The van der Waals surface area contributed by atoms with Gasteiger partial charge in [0.2, 0.25) is 0 Å². The number of hydrogen-bond donors (Lipinski definition) is 1. The Balaban J connectivity index is 2.26. The maximum atomic E-state index is 13.8. The van der Waals surface area contributed by atoms with Crippen LogP contribution >= 0.6 is 0 Å². The lowest BCUT2D eigenvalue weighted by Gasteiger charge is -2.20. The summed E-state index contributed by atoms with van der Waals surface area (Å²) in [6.07, 6.45) is 0.917. The normalized spacial score (nSPS) is 13.6. The third-order valence-corrected chi connectivity index (χ3v) is 2.62. The van der Waals surface area contributed by atoms with Gasteiger partial charge in [-0.2, -0.15) is 5.26 Å². The van der Waals surface area contributed by atoms with Crippen molar-refractivity contribution < 1.29 is 13.5 Å². The molecule has 19 heavy (non-hydrogen) atoms. The molecule has 2 unspecified atom stereocenters. The molecule has 0 saturated heterocycles. The Kier molecular flexibility index (Phi) is 3.83. The molecule has 2 aromatic rings. The number of benzene rings is 1. The van der Waals surface area contributed by atoms with Crippen molar-refractivity contribution in [2.24, 2.45) is 5.73 Å². The van der Waals surface area contributed by atoms with Gasteiger partial charge in [-0.25, -0.2) is 4.39 Å². The van der Waals surface area contributed by atoms with Crippen LogP contribution in [0.15, 0.2) is 41.0 Å². The second kappa shape index (κ2) is 5.55. The summed E-state index contributed by atoms with van der Waals surface area (Å²) >= 11 is 0. The second-order valence-electron chi connectivity index (χ2n) is 4.17. The van der Waals surface area contributed by atoms with Crippen molar-refractivity contribution in [2.45, 2.75) is 19.1 Å². The van der Waals surface area contributed by atoms with Gasteiger partial charge in [0.15, 0.2) is 17.7 Å². The number of furan rings is 1. The van der Waals surface area contributed by atoms with E-state index in [4.69, 9.17) is 20.1 Å². The summed E-state index contributed by atoms with van der Waals surface area (Å²) in [7, 11) is 0. The average Bonchev–Trinajstić information content (AvgIpc) is 2.90. The molecule has 1 aromatic heterocycles. The van der Waals surface area contributed by atoms with E-state index in [1.54, 1.807) is 19.1 Å². The Labute approximate surface area is 110 Å². The lowest BCUT2D eigenvalue weighted by Crippen LogP contribution is -2.29. The first-order valence-corrected chi connectivity index (χ1v) is 5.77. The average molecular weight is 260 g/mol. The molecule has 1 heterocycles. The molecule has 5 heteroatoms. The van der Waals surface area contributed by atoms with Crippen LogP contribution in [0.2, 0.25) is 0 Å². The number of ether oxygens (including phenoxy) is 1. The molecule has 0 aliphatic heterocycles. The lowest BCUT2D eigenvalue weighted by molar-refractivity contribution is 0.146. The smallest absolute Gasteiger partial charge is 0.171 e. The minimum Gasteiger partial charge on any atom is -0.478 e. The molecule has 0 aliphatic rings. The quantitative estimate of drug-likeness (QED) is 0.917. The number of halogens is 1. The Bertz CT molecular complexity index is 588. The van der Waals surface area contributed by atoms with Gasteiger partial charge < -0.3 is 14.9 Å². The summed E-state index contributed by atoms with van der Waals surface area (Å²) in [5.41, 5.74) is 6.06. The zero-order valence-electron chi connectivity index (χ0n) is 10.3. The first-order chi connectivity index (χ1) is 9.11. The minimum absolute atomic E-state index is 0.0395. The number of nitriles is 1. The zero-order chi connectivity index (χ0) is 13.8. The number of rotatable bonds is 4. The SMILES string of the molecule is CC(N)C(Oc1ccc(C#N)cc1F)c1ccco1. The lowest BCUT2D eigenvalue weighted by atomic mass is 10.1. The van der Waals surface area contributed by atoms with E-state index in [-0.39, 0.29) is 17.4 Å². The molecule has 0 bridgehead atoms. The van der Waals surface area contributed by atoms with Gasteiger partial charge in [-0.1, -0.05) is 0 Å². The van der Waals surface area contributed by atoms with Crippen molar-refractivity contribution in [3.63, 3.8) is 0 Å². The maximum absolute atomic E-state index is 13.8. The van der Waals surface area contributed by atoms with Gasteiger partial charge in [0, 0.05) is 6.04 Å². The van der Waals surface area contributed by atoms with Crippen LogP contribution in [0, 0.1) is 17.1 Å². The highest BCUT2D eigenvalue weighted by molar-refractivity contribution is 5.36. The van der Waals surface area contributed by atoms with Gasteiger partial charge in [0.25, 0.3) is 0 Å². The predicted octanol–water partition coefficient (Wildman–Crippen LogP) is 2.76. The standard InChI is InChI=1S/C14H13FN2O2/c1-9(17)14(13-3-2-6-18-13)19-12-5-4-10(8-16)7-11(12)15/h2-7,9,14H,17H2,1H3. The summed E-state index contributed by atoms with van der Waals surface area (Å²) in [6, 6.07) is 8.93. The predicted molar refractivity (Wildman–Crippen MR) is 66.8 cm³/mol. The molecule has 98 valence electrons. The van der Waals surface area contributed by atoms with Crippen molar-refractivity contribution in [2.75, 3.05) is 0 Å². The zero-order valence-corrected chi connectivity index (χ0v) is 10.3. The fourth-order valence-electron chi connectivity index (χ4n) is 1.68. The Hall–Kier alpha value is -2.32. The van der Waals surface area contributed by atoms with Gasteiger partial charge in [0.1, 0.15) is 5.76 Å². The highest BCUT2D eigenvalue weighted by Crippen LogP contribution is 2.27. The fourth-order valence-corrected chi connectivity index (χ4v) is 1.68. The second-order valence-corrected chi connectivity index (χ2v) is 4.17. The molecular weight excluding hydrogens is 247 g/mol. The topological polar surface area (TPSA) is 72.2 Å². The first kappa shape index (κ1) is 13.1. The molecule has 2 N–H and O–H groups in total. The van der Waals surface area contributed by atoms with Gasteiger partial charge in [-0.15, -0.1) is 0 Å². The van der Waals surface area contributed by atoms with Crippen molar-refractivity contribution in [1.29, 1.82) is 5.26 Å². The van der Waals surface area contributed by atoms with E-state index in [1.807, 2.05) is 6.07 Å². The van der Waals surface area contributed by atoms with Crippen LogP contribution in [-0.2, 0) is 0 Å². The summed E-state index contributed by atoms with van der Waals surface area (Å²) in [5.74, 6) is -0.0345. The van der Waals surface area contributed by atoms with Crippen LogP contribution < -0.4 is 10.5 Å². The largest absolute Gasteiger partial charge is 0.478 e. The Morgan fingerprint density at radius 3 is 2.74 bits per heavy atom. The summed E-state index contributed by atoms with van der Waals surface area (Å²) in [4.78, 5) is 0. The van der Waals surface area contributed by atoms with E-state index in [0.29, 0.717) is 5.76 Å². The first-order valence-electron chi connectivity index (χ1n) is 5.77. The van der Waals surface area contributed by atoms with E-state index in [9.17, 15) is 4.39 Å². The van der Waals surface area contributed by atoms with Crippen LogP contribution in [-0.4, -0.2) is 6.04 Å². The van der Waals surface area contributed by atoms with Gasteiger partial charge in [-0.3, -0.25) is 0 Å². The maximum Gasteiger partial charge on any atom is 0.171 e. The third-order valence-electron chi connectivity index (χ3n) is 2.62. The van der Waals surface area contributed by atoms with Gasteiger partial charge in [0.05, 0.1) is 17.9 Å². The highest BCUT2D eigenvalue weighted by Gasteiger charge is 2.22. The van der Waals surface area contributed by atoms with Crippen molar-refractivity contribution in [3.05, 3.63) is 53.7 Å². The molecule has 0 saturated carbocycles. The van der Waals surface area contributed by atoms with Crippen molar-refractivity contribution >= 4 is 0 Å².